The van der Waals surface area contributed by atoms with E-state index in [0.29, 0.717) is 0 Å². The highest BCUT2D eigenvalue weighted by molar-refractivity contribution is 9.10. The fourth-order valence-corrected chi connectivity index (χ4v) is 2.31. The number of hydrogen-bond acceptors (Lipinski definition) is 1. The van der Waals surface area contributed by atoms with Crippen molar-refractivity contribution in [1.29, 1.82) is 0 Å². The first-order valence-electron chi connectivity index (χ1n) is 6.70. The number of rotatable bonds is 3. The van der Waals surface area contributed by atoms with Crippen molar-refractivity contribution in [2.45, 2.75) is 0 Å². The van der Waals surface area contributed by atoms with Gasteiger partial charge in [-0.2, -0.15) is 0 Å². The zero-order chi connectivity index (χ0) is 14.7. The van der Waals surface area contributed by atoms with Gasteiger partial charge in [-0.1, -0.05) is 28.1 Å². The fraction of sp³-hybridized carbons (Fsp3) is 0.0556. The van der Waals surface area contributed by atoms with Crippen molar-refractivity contribution in [1.82, 2.24) is 0 Å². The van der Waals surface area contributed by atoms with Gasteiger partial charge in [0, 0.05) is 16.6 Å². The summed E-state index contributed by atoms with van der Waals surface area (Å²) in [7, 11) is 2.01. The highest BCUT2D eigenvalue weighted by Crippen LogP contribution is 2.26. The largest absolute Gasteiger partial charge is 0.457 e. The molecular weight excluding hydrogens is 326 g/mol. The summed E-state index contributed by atoms with van der Waals surface area (Å²) in [4.78, 5) is 0. The molecule has 0 aliphatic carbocycles. The summed E-state index contributed by atoms with van der Waals surface area (Å²) in [5.74, 6) is 1.67. The van der Waals surface area contributed by atoms with Gasteiger partial charge in [0.2, 0.25) is 0 Å². The molecule has 0 bridgehead atoms. The molecule has 0 unspecified atom stereocenters. The van der Waals surface area contributed by atoms with E-state index in [1.807, 2.05) is 60.4 Å². The van der Waals surface area contributed by atoms with Crippen LogP contribution in [0.4, 0.5) is 0 Å². The number of nitrogens with zero attached hydrogens (tertiary/aromatic N) is 1. The number of hydrogen-bond donors (Lipinski definition) is 0. The Kier molecular flexibility index (Phi) is 4.02. The lowest BCUT2D eigenvalue weighted by Gasteiger charge is -2.07. The molecule has 21 heavy (non-hydrogen) atoms. The Morgan fingerprint density at radius 1 is 0.714 bits per heavy atom. The topological polar surface area (TPSA) is 13.1 Å². The van der Waals surface area contributed by atoms with Crippen LogP contribution in [0, 0.1) is 0 Å². The van der Waals surface area contributed by atoms with E-state index in [1.54, 1.807) is 0 Å². The van der Waals surface area contributed by atoms with E-state index >= 15 is 0 Å². The Labute approximate surface area is 132 Å². The molecule has 1 aromatic heterocycles. The van der Waals surface area contributed by atoms with E-state index < -0.39 is 0 Å². The van der Waals surface area contributed by atoms with Gasteiger partial charge in [0.05, 0.1) is 0 Å². The first-order valence-corrected chi connectivity index (χ1v) is 7.49. The molecule has 104 valence electrons. The Balaban J connectivity index is 1.77. The lowest BCUT2D eigenvalue weighted by atomic mass is 10.1. The van der Waals surface area contributed by atoms with Crippen LogP contribution in [0.15, 0.2) is 77.5 Å². The molecule has 3 heteroatoms. The maximum atomic E-state index is 5.82. The van der Waals surface area contributed by atoms with Crippen LogP contribution >= 0.6 is 15.9 Å². The molecule has 0 fully saturated rings. The number of aryl methyl sites for hydroxylation is 1. The van der Waals surface area contributed by atoms with Crippen LogP contribution in [-0.4, -0.2) is 0 Å². The lowest BCUT2D eigenvalue weighted by molar-refractivity contribution is -0.671. The molecule has 0 saturated heterocycles. The molecule has 0 saturated carbocycles. The van der Waals surface area contributed by atoms with Gasteiger partial charge < -0.3 is 4.74 Å². The van der Waals surface area contributed by atoms with E-state index in [1.165, 1.54) is 11.1 Å². The van der Waals surface area contributed by atoms with Crippen LogP contribution in [0.5, 0.6) is 11.5 Å². The van der Waals surface area contributed by atoms with Crippen molar-refractivity contribution in [3.8, 4) is 22.6 Å². The molecule has 0 atom stereocenters. The van der Waals surface area contributed by atoms with Gasteiger partial charge in [-0.25, -0.2) is 4.57 Å². The van der Waals surface area contributed by atoms with Gasteiger partial charge in [-0.15, -0.1) is 0 Å². The first kappa shape index (κ1) is 13.8. The zero-order valence-corrected chi connectivity index (χ0v) is 13.2. The number of benzene rings is 2. The maximum Gasteiger partial charge on any atom is 0.169 e. The monoisotopic (exact) mass is 340 g/mol. The summed E-state index contributed by atoms with van der Waals surface area (Å²) in [6.45, 7) is 0. The molecule has 2 nitrogen and oxygen atoms in total. The first-order chi connectivity index (χ1) is 10.2. The van der Waals surface area contributed by atoms with Crippen molar-refractivity contribution in [3.05, 3.63) is 77.5 Å². The Bertz CT molecular complexity index is 719. The van der Waals surface area contributed by atoms with Crippen molar-refractivity contribution >= 4 is 15.9 Å². The summed E-state index contributed by atoms with van der Waals surface area (Å²) >= 11 is 3.41. The van der Waals surface area contributed by atoms with Gasteiger partial charge >= 0.3 is 0 Å². The maximum absolute atomic E-state index is 5.82. The van der Waals surface area contributed by atoms with E-state index in [2.05, 4.69) is 40.2 Å². The summed E-state index contributed by atoms with van der Waals surface area (Å²) in [6, 6.07) is 20.1. The molecule has 0 aliphatic heterocycles. The number of aromatic nitrogens is 1. The molecule has 0 radical (unpaired) electrons. The third kappa shape index (κ3) is 3.50. The quantitative estimate of drug-likeness (QED) is 0.628. The number of pyridine rings is 1. The van der Waals surface area contributed by atoms with E-state index in [9.17, 15) is 0 Å². The number of halogens is 1. The van der Waals surface area contributed by atoms with Crippen molar-refractivity contribution < 1.29 is 9.30 Å². The second-order valence-electron chi connectivity index (χ2n) is 4.83. The third-order valence-electron chi connectivity index (χ3n) is 3.22. The molecular formula is C18H15BrNO+. The van der Waals surface area contributed by atoms with E-state index in [0.717, 1.165) is 16.0 Å². The highest BCUT2D eigenvalue weighted by atomic mass is 79.9. The third-order valence-corrected chi connectivity index (χ3v) is 3.74. The summed E-state index contributed by atoms with van der Waals surface area (Å²) in [5, 5.41) is 0. The van der Waals surface area contributed by atoms with Crippen LogP contribution in [0.2, 0.25) is 0 Å². The van der Waals surface area contributed by atoms with Gasteiger partial charge in [-0.3, -0.25) is 0 Å². The normalized spacial score (nSPS) is 10.4. The van der Waals surface area contributed by atoms with Crippen molar-refractivity contribution in [2.75, 3.05) is 0 Å². The van der Waals surface area contributed by atoms with Gasteiger partial charge in [0.25, 0.3) is 0 Å². The molecule has 0 N–H and O–H groups in total. The van der Waals surface area contributed by atoms with Crippen LogP contribution < -0.4 is 9.30 Å². The highest BCUT2D eigenvalue weighted by Gasteiger charge is 2.02. The predicted octanol–water partition coefficient (Wildman–Crippen LogP) is 4.73. The van der Waals surface area contributed by atoms with Crippen LogP contribution in [-0.2, 0) is 7.05 Å². The molecule has 0 amide bonds. The molecule has 3 rings (SSSR count). The average molecular weight is 341 g/mol. The standard InChI is InChI=1S/C18H15BrNO/c1-20-12-10-15(11-13-20)14-2-6-17(7-3-14)21-18-8-4-16(19)5-9-18/h2-13H,1H3/q+1. The number of ether oxygens (including phenoxy) is 1. The molecule has 1 heterocycles. The second-order valence-corrected chi connectivity index (χ2v) is 5.75. The minimum Gasteiger partial charge on any atom is -0.457 e. The lowest BCUT2D eigenvalue weighted by Crippen LogP contribution is -2.25. The average Bonchev–Trinajstić information content (AvgIpc) is 2.51. The van der Waals surface area contributed by atoms with Gasteiger partial charge in [0.15, 0.2) is 12.4 Å². The Morgan fingerprint density at radius 3 is 1.76 bits per heavy atom. The van der Waals surface area contributed by atoms with E-state index in [4.69, 9.17) is 4.74 Å². The minimum absolute atomic E-state index is 0.831. The molecule has 0 spiro atoms. The van der Waals surface area contributed by atoms with Gasteiger partial charge in [0.1, 0.15) is 18.5 Å². The predicted molar refractivity (Wildman–Crippen MR) is 87.3 cm³/mol. The Morgan fingerprint density at radius 2 is 1.19 bits per heavy atom. The summed E-state index contributed by atoms with van der Waals surface area (Å²) < 4.78 is 8.88. The van der Waals surface area contributed by atoms with Crippen molar-refractivity contribution in [2.24, 2.45) is 7.05 Å². The summed E-state index contributed by atoms with van der Waals surface area (Å²) in [5.41, 5.74) is 2.38. The molecule has 3 aromatic rings. The Hall–Kier alpha value is -2.13. The van der Waals surface area contributed by atoms with Crippen LogP contribution in [0.25, 0.3) is 11.1 Å². The zero-order valence-electron chi connectivity index (χ0n) is 11.7. The SMILES string of the molecule is C[n+]1ccc(-c2ccc(Oc3ccc(Br)cc3)cc2)cc1. The van der Waals surface area contributed by atoms with Crippen LogP contribution in [0.3, 0.4) is 0 Å². The van der Waals surface area contributed by atoms with Crippen LogP contribution in [0.1, 0.15) is 0 Å². The fourth-order valence-electron chi connectivity index (χ4n) is 2.05. The summed E-state index contributed by atoms with van der Waals surface area (Å²) in [6.07, 6.45) is 4.09. The smallest absolute Gasteiger partial charge is 0.169 e. The van der Waals surface area contributed by atoms with Crippen molar-refractivity contribution in [3.63, 3.8) is 0 Å². The second kappa shape index (κ2) is 6.10. The molecule has 2 aromatic carbocycles. The molecule has 0 aliphatic rings. The van der Waals surface area contributed by atoms with E-state index in [-0.39, 0.29) is 0 Å². The minimum atomic E-state index is 0.831. The van der Waals surface area contributed by atoms with Gasteiger partial charge in [-0.05, 0) is 47.5 Å².